The van der Waals surface area contributed by atoms with E-state index in [9.17, 15) is 0 Å². The molecule has 2 nitrogen and oxygen atoms in total. The molecule has 2 fully saturated rings. The summed E-state index contributed by atoms with van der Waals surface area (Å²) in [4.78, 5) is 0. The molecule has 2 aliphatic rings. The van der Waals surface area contributed by atoms with E-state index in [0.717, 1.165) is 6.42 Å². The summed E-state index contributed by atoms with van der Waals surface area (Å²) < 4.78 is 12.1. The van der Waals surface area contributed by atoms with Crippen LogP contribution >= 0.6 is 0 Å². The Labute approximate surface area is 93.3 Å². The van der Waals surface area contributed by atoms with Crippen LogP contribution in [-0.2, 0) is 9.47 Å². The van der Waals surface area contributed by atoms with E-state index in [0.29, 0.717) is 12.2 Å². The lowest BCUT2D eigenvalue weighted by Gasteiger charge is -2.34. The first kappa shape index (κ1) is 11.4. The third-order valence-electron chi connectivity index (χ3n) is 3.20. The van der Waals surface area contributed by atoms with E-state index in [-0.39, 0.29) is 11.7 Å². The first-order chi connectivity index (χ1) is 7.12. The van der Waals surface area contributed by atoms with E-state index < -0.39 is 0 Å². The monoisotopic (exact) mass is 212 g/mol. The molecule has 0 saturated heterocycles. The largest absolute Gasteiger partial charge is 0.372 e. The van der Waals surface area contributed by atoms with Gasteiger partial charge in [-0.15, -0.1) is 0 Å². The highest BCUT2D eigenvalue weighted by Crippen LogP contribution is 2.36. The van der Waals surface area contributed by atoms with Crippen LogP contribution in [0.4, 0.5) is 0 Å². The second kappa shape index (κ2) is 4.42. The van der Waals surface area contributed by atoms with Crippen LogP contribution in [0.5, 0.6) is 0 Å². The van der Waals surface area contributed by atoms with Gasteiger partial charge in [-0.2, -0.15) is 0 Å². The highest BCUT2D eigenvalue weighted by molar-refractivity contribution is 4.88. The molecule has 2 aliphatic carbocycles. The molecule has 0 spiro atoms. The van der Waals surface area contributed by atoms with Crippen LogP contribution in [0.15, 0.2) is 0 Å². The molecule has 0 bridgehead atoms. The quantitative estimate of drug-likeness (QED) is 0.644. The molecule has 88 valence electrons. The van der Waals surface area contributed by atoms with E-state index in [1.54, 1.807) is 0 Å². The van der Waals surface area contributed by atoms with Crippen molar-refractivity contribution < 1.29 is 9.47 Å². The minimum absolute atomic E-state index is 0.0975. The Morgan fingerprint density at radius 3 is 2.20 bits per heavy atom. The van der Waals surface area contributed by atoms with E-state index in [1.165, 1.54) is 32.1 Å². The zero-order valence-corrected chi connectivity index (χ0v) is 10.3. The predicted octanol–water partition coefficient (Wildman–Crippen LogP) is 3.29. The third-order valence-corrected chi connectivity index (χ3v) is 3.20. The van der Waals surface area contributed by atoms with Crippen molar-refractivity contribution in [1.82, 2.24) is 0 Å². The van der Waals surface area contributed by atoms with Crippen LogP contribution in [0.25, 0.3) is 0 Å². The molecule has 1 atom stereocenters. The molecule has 0 aliphatic heterocycles. The summed E-state index contributed by atoms with van der Waals surface area (Å²) in [5.41, 5.74) is -0.0975. The van der Waals surface area contributed by atoms with Gasteiger partial charge in [0.1, 0.15) is 0 Å². The summed E-state index contributed by atoms with van der Waals surface area (Å²) in [7, 11) is 0. The second-order valence-electron chi connectivity index (χ2n) is 5.53. The standard InChI is InChI=1S/C13H24O2/c1-4-5-12(14-10-6-7-10)13(2,3)15-11-8-9-11/h10-12H,4-9H2,1-3H3. The van der Waals surface area contributed by atoms with Gasteiger partial charge in [0.2, 0.25) is 0 Å². The summed E-state index contributed by atoms with van der Waals surface area (Å²) in [6, 6.07) is 0. The minimum atomic E-state index is -0.0975. The van der Waals surface area contributed by atoms with Crippen molar-refractivity contribution in [1.29, 1.82) is 0 Å². The molecule has 15 heavy (non-hydrogen) atoms. The fourth-order valence-corrected chi connectivity index (χ4v) is 1.97. The minimum Gasteiger partial charge on any atom is -0.372 e. The molecule has 0 amide bonds. The Kier molecular flexibility index (Phi) is 3.36. The van der Waals surface area contributed by atoms with Crippen molar-refractivity contribution in [2.24, 2.45) is 0 Å². The molecule has 0 N–H and O–H groups in total. The van der Waals surface area contributed by atoms with Crippen LogP contribution in [0.3, 0.4) is 0 Å². The van der Waals surface area contributed by atoms with Crippen LogP contribution in [0.1, 0.15) is 59.3 Å². The molecule has 0 aromatic heterocycles. The Morgan fingerprint density at radius 1 is 1.13 bits per heavy atom. The van der Waals surface area contributed by atoms with Crippen molar-refractivity contribution >= 4 is 0 Å². The third kappa shape index (κ3) is 3.46. The van der Waals surface area contributed by atoms with E-state index in [4.69, 9.17) is 9.47 Å². The van der Waals surface area contributed by atoms with E-state index in [1.807, 2.05) is 0 Å². The number of rotatable bonds is 7. The normalized spacial score (nSPS) is 24.2. The Bertz CT molecular complexity index is 205. The summed E-state index contributed by atoms with van der Waals surface area (Å²) >= 11 is 0. The highest BCUT2D eigenvalue weighted by Gasteiger charge is 2.39. The number of ether oxygens (including phenoxy) is 2. The zero-order valence-electron chi connectivity index (χ0n) is 10.3. The van der Waals surface area contributed by atoms with Crippen molar-refractivity contribution in [3.63, 3.8) is 0 Å². The lowest BCUT2D eigenvalue weighted by Crippen LogP contribution is -2.42. The summed E-state index contributed by atoms with van der Waals surface area (Å²) in [5, 5.41) is 0. The number of hydrogen-bond acceptors (Lipinski definition) is 2. The van der Waals surface area contributed by atoms with Gasteiger partial charge >= 0.3 is 0 Å². The van der Waals surface area contributed by atoms with Gasteiger partial charge in [0.25, 0.3) is 0 Å². The lowest BCUT2D eigenvalue weighted by atomic mass is 9.97. The summed E-state index contributed by atoms with van der Waals surface area (Å²) in [5.74, 6) is 0. The molecule has 2 saturated carbocycles. The highest BCUT2D eigenvalue weighted by atomic mass is 16.6. The molecule has 2 rings (SSSR count). The maximum atomic E-state index is 6.07. The molecule has 0 radical (unpaired) electrons. The van der Waals surface area contributed by atoms with E-state index >= 15 is 0 Å². The Hall–Kier alpha value is -0.0800. The molecule has 0 aromatic rings. The molecule has 0 heterocycles. The average molecular weight is 212 g/mol. The van der Waals surface area contributed by atoms with Gasteiger partial charge in [0.05, 0.1) is 23.9 Å². The first-order valence-electron chi connectivity index (χ1n) is 6.45. The van der Waals surface area contributed by atoms with E-state index in [2.05, 4.69) is 20.8 Å². The van der Waals surface area contributed by atoms with Crippen LogP contribution in [-0.4, -0.2) is 23.9 Å². The fourth-order valence-electron chi connectivity index (χ4n) is 1.97. The smallest absolute Gasteiger partial charge is 0.0890 e. The van der Waals surface area contributed by atoms with Crippen LogP contribution in [0.2, 0.25) is 0 Å². The maximum Gasteiger partial charge on any atom is 0.0890 e. The molecular formula is C13H24O2. The first-order valence-corrected chi connectivity index (χ1v) is 6.45. The molecule has 0 aromatic carbocycles. The van der Waals surface area contributed by atoms with Gasteiger partial charge in [-0.1, -0.05) is 13.3 Å². The Morgan fingerprint density at radius 2 is 1.73 bits per heavy atom. The Balaban J connectivity index is 1.86. The number of hydrogen-bond donors (Lipinski definition) is 0. The maximum absolute atomic E-state index is 6.07. The summed E-state index contributed by atoms with van der Waals surface area (Å²) in [6.07, 6.45) is 8.61. The van der Waals surface area contributed by atoms with Crippen molar-refractivity contribution in [3.05, 3.63) is 0 Å². The van der Waals surface area contributed by atoms with Gasteiger partial charge in [0, 0.05) is 0 Å². The zero-order chi connectivity index (χ0) is 10.9. The fraction of sp³-hybridized carbons (Fsp3) is 1.00. The second-order valence-corrected chi connectivity index (χ2v) is 5.53. The van der Waals surface area contributed by atoms with Gasteiger partial charge in [-0.05, 0) is 46.0 Å². The van der Waals surface area contributed by atoms with Crippen LogP contribution < -0.4 is 0 Å². The molecule has 1 unspecified atom stereocenters. The van der Waals surface area contributed by atoms with Crippen LogP contribution in [0, 0.1) is 0 Å². The summed E-state index contributed by atoms with van der Waals surface area (Å²) in [6.45, 7) is 6.60. The topological polar surface area (TPSA) is 18.5 Å². The van der Waals surface area contributed by atoms with Crippen molar-refractivity contribution in [2.75, 3.05) is 0 Å². The van der Waals surface area contributed by atoms with Gasteiger partial charge in [-0.3, -0.25) is 0 Å². The van der Waals surface area contributed by atoms with Crippen molar-refractivity contribution in [3.8, 4) is 0 Å². The molecule has 2 heteroatoms. The van der Waals surface area contributed by atoms with Gasteiger partial charge in [-0.25, -0.2) is 0 Å². The van der Waals surface area contributed by atoms with Gasteiger partial charge < -0.3 is 9.47 Å². The lowest BCUT2D eigenvalue weighted by molar-refractivity contribution is -0.140. The SMILES string of the molecule is CCCC(OC1CC1)C(C)(C)OC1CC1. The predicted molar refractivity (Wildman–Crippen MR) is 61.0 cm³/mol. The van der Waals surface area contributed by atoms with Crippen molar-refractivity contribution in [2.45, 2.75) is 83.2 Å². The molecular weight excluding hydrogens is 188 g/mol. The average Bonchev–Trinajstić information content (AvgIpc) is 2.97. The van der Waals surface area contributed by atoms with Gasteiger partial charge in [0.15, 0.2) is 0 Å².